The molecular formula is C24H24N2O4S. The number of sulfone groups is 1. The summed E-state index contributed by atoms with van der Waals surface area (Å²) in [7, 11) is -0.264. The zero-order valence-corrected chi connectivity index (χ0v) is 18.5. The van der Waals surface area contributed by atoms with Gasteiger partial charge >= 0.3 is 0 Å². The van der Waals surface area contributed by atoms with Crippen molar-refractivity contribution in [3.05, 3.63) is 82.8 Å². The lowest BCUT2D eigenvalue weighted by atomic mass is 10.1. The highest BCUT2D eigenvalue weighted by atomic mass is 32.2. The molecule has 0 atom stereocenters. The average molecular weight is 437 g/mol. The second-order valence-electron chi connectivity index (χ2n) is 7.59. The van der Waals surface area contributed by atoms with E-state index < -0.39 is 9.84 Å². The van der Waals surface area contributed by atoms with Crippen molar-refractivity contribution in [2.75, 3.05) is 13.4 Å². The molecule has 0 saturated carbocycles. The van der Waals surface area contributed by atoms with Crippen LogP contribution < -0.4 is 10.3 Å². The van der Waals surface area contributed by atoms with Crippen molar-refractivity contribution in [3.8, 4) is 17.0 Å². The van der Waals surface area contributed by atoms with Gasteiger partial charge in [0.25, 0.3) is 5.56 Å². The summed E-state index contributed by atoms with van der Waals surface area (Å²) < 4.78 is 33.7. The monoisotopic (exact) mass is 436 g/mol. The Balaban J connectivity index is 1.95. The number of nitrogens with zero attached hydrogens (tertiary/aromatic N) is 2. The van der Waals surface area contributed by atoms with Crippen LogP contribution in [0.1, 0.15) is 5.56 Å². The second kappa shape index (κ2) is 8.07. The molecule has 6 nitrogen and oxygen atoms in total. The Morgan fingerprint density at radius 2 is 1.74 bits per heavy atom. The number of rotatable bonds is 6. The molecule has 31 heavy (non-hydrogen) atoms. The highest BCUT2D eigenvalue weighted by Gasteiger charge is 2.19. The average Bonchev–Trinajstić information content (AvgIpc) is 3.12. The summed E-state index contributed by atoms with van der Waals surface area (Å²) in [4.78, 5) is 12.6. The minimum absolute atomic E-state index is 0.227. The topological polar surface area (TPSA) is 70.3 Å². The number of hydrogen-bond acceptors (Lipinski definition) is 4. The molecule has 0 spiro atoms. The van der Waals surface area contributed by atoms with Crippen LogP contribution in [-0.2, 0) is 29.9 Å². The molecule has 2 heterocycles. The van der Waals surface area contributed by atoms with Crippen molar-refractivity contribution in [2.45, 2.75) is 17.9 Å². The van der Waals surface area contributed by atoms with E-state index in [4.69, 9.17) is 4.74 Å². The SMILES string of the molecule is COc1cc(-c2cc3c(S(C)(=O)=O)cccc3n2CCc2ccccc2)cn(C)c1=O. The number of aromatic nitrogens is 2. The highest BCUT2D eigenvalue weighted by molar-refractivity contribution is 7.91. The fourth-order valence-corrected chi connectivity index (χ4v) is 4.80. The number of fused-ring (bicyclic) bond motifs is 1. The van der Waals surface area contributed by atoms with Crippen molar-refractivity contribution < 1.29 is 13.2 Å². The van der Waals surface area contributed by atoms with Gasteiger partial charge in [0.05, 0.1) is 17.7 Å². The zero-order chi connectivity index (χ0) is 22.2. The number of hydrogen-bond donors (Lipinski definition) is 0. The van der Waals surface area contributed by atoms with Crippen LogP contribution in [0.2, 0.25) is 0 Å². The Bertz CT molecular complexity index is 1420. The molecule has 2 aromatic carbocycles. The van der Waals surface area contributed by atoms with E-state index in [9.17, 15) is 13.2 Å². The fourth-order valence-electron chi connectivity index (χ4n) is 3.91. The lowest BCUT2D eigenvalue weighted by Crippen LogP contribution is -2.18. The Labute approximate surface area is 181 Å². The van der Waals surface area contributed by atoms with Gasteiger partial charge in [0.2, 0.25) is 0 Å². The quantitative estimate of drug-likeness (QED) is 0.463. The Kier molecular flexibility index (Phi) is 5.45. The van der Waals surface area contributed by atoms with Gasteiger partial charge in [-0.3, -0.25) is 4.79 Å². The third-order valence-corrected chi connectivity index (χ3v) is 6.59. The number of aryl methyl sites for hydroxylation is 3. The van der Waals surface area contributed by atoms with Crippen LogP contribution in [0.5, 0.6) is 5.75 Å². The smallest absolute Gasteiger partial charge is 0.292 e. The van der Waals surface area contributed by atoms with Gasteiger partial charge in [-0.25, -0.2) is 8.42 Å². The first-order chi connectivity index (χ1) is 14.8. The van der Waals surface area contributed by atoms with Gasteiger partial charge in [0.15, 0.2) is 15.6 Å². The van der Waals surface area contributed by atoms with E-state index in [1.54, 1.807) is 31.4 Å². The summed E-state index contributed by atoms with van der Waals surface area (Å²) in [5.41, 5.74) is 3.41. The van der Waals surface area contributed by atoms with E-state index in [0.717, 1.165) is 23.2 Å². The minimum Gasteiger partial charge on any atom is -0.491 e. The van der Waals surface area contributed by atoms with E-state index in [-0.39, 0.29) is 11.3 Å². The molecule has 0 saturated heterocycles. The Morgan fingerprint density at radius 1 is 1.00 bits per heavy atom. The van der Waals surface area contributed by atoms with E-state index in [1.165, 1.54) is 23.5 Å². The molecule has 0 fully saturated rings. The Morgan fingerprint density at radius 3 is 2.42 bits per heavy atom. The molecule has 4 aromatic rings. The third-order valence-electron chi connectivity index (χ3n) is 5.44. The van der Waals surface area contributed by atoms with Gasteiger partial charge in [-0.15, -0.1) is 0 Å². The lowest BCUT2D eigenvalue weighted by Gasteiger charge is -2.13. The summed E-state index contributed by atoms with van der Waals surface area (Å²) >= 11 is 0. The predicted octanol–water partition coefficient (Wildman–Crippen LogP) is 3.66. The number of benzene rings is 2. The molecule has 7 heteroatoms. The van der Waals surface area contributed by atoms with Gasteiger partial charge in [0.1, 0.15) is 0 Å². The molecule has 0 bridgehead atoms. The van der Waals surface area contributed by atoms with Crippen molar-refractivity contribution in [2.24, 2.45) is 7.05 Å². The van der Waals surface area contributed by atoms with Crippen molar-refractivity contribution in [3.63, 3.8) is 0 Å². The van der Waals surface area contributed by atoms with Crippen LogP contribution >= 0.6 is 0 Å². The van der Waals surface area contributed by atoms with E-state index in [1.807, 2.05) is 30.3 Å². The summed E-state index contributed by atoms with van der Waals surface area (Å²) in [6.45, 7) is 0.654. The summed E-state index contributed by atoms with van der Waals surface area (Å²) in [5, 5.41) is 0.667. The second-order valence-corrected chi connectivity index (χ2v) is 9.58. The molecule has 2 aromatic heterocycles. The van der Waals surface area contributed by atoms with Crippen LogP contribution in [0.15, 0.2) is 76.6 Å². The zero-order valence-electron chi connectivity index (χ0n) is 17.7. The van der Waals surface area contributed by atoms with Crippen molar-refractivity contribution in [1.29, 1.82) is 0 Å². The van der Waals surface area contributed by atoms with Crippen LogP contribution in [0.25, 0.3) is 22.2 Å². The predicted molar refractivity (Wildman–Crippen MR) is 122 cm³/mol. The van der Waals surface area contributed by atoms with Crippen molar-refractivity contribution in [1.82, 2.24) is 9.13 Å². The van der Waals surface area contributed by atoms with E-state index in [2.05, 4.69) is 16.7 Å². The third kappa shape index (κ3) is 4.01. The summed E-state index contributed by atoms with van der Waals surface area (Å²) in [6, 6.07) is 19.0. The summed E-state index contributed by atoms with van der Waals surface area (Å²) in [6.07, 6.45) is 3.75. The molecule has 160 valence electrons. The van der Waals surface area contributed by atoms with E-state index in [0.29, 0.717) is 16.8 Å². The standard InChI is InChI=1S/C24H24N2O4S/c1-25-16-18(14-22(30-2)24(25)27)21-15-19-20(10-7-11-23(19)31(3,28)29)26(21)13-12-17-8-5-4-6-9-17/h4-11,14-16H,12-13H2,1-3H3. The van der Waals surface area contributed by atoms with Crippen LogP contribution in [-0.4, -0.2) is 30.9 Å². The highest BCUT2D eigenvalue weighted by Crippen LogP contribution is 2.33. The molecule has 0 aliphatic heterocycles. The van der Waals surface area contributed by atoms with Crippen LogP contribution in [0.3, 0.4) is 0 Å². The molecule has 0 unspecified atom stereocenters. The molecule has 0 amide bonds. The van der Waals surface area contributed by atoms with Gasteiger partial charge in [-0.05, 0) is 36.2 Å². The first-order valence-corrected chi connectivity index (χ1v) is 11.8. The normalized spacial score (nSPS) is 11.7. The minimum atomic E-state index is -3.40. The van der Waals surface area contributed by atoms with Gasteiger partial charge in [-0.2, -0.15) is 0 Å². The molecule has 4 rings (SSSR count). The van der Waals surface area contributed by atoms with Gasteiger partial charge < -0.3 is 13.9 Å². The molecule has 0 aliphatic rings. The van der Waals surface area contributed by atoms with Crippen LogP contribution in [0, 0.1) is 0 Å². The maximum atomic E-state index is 12.4. The van der Waals surface area contributed by atoms with Gasteiger partial charge in [-0.1, -0.05) is 36.4 Å². The molecule has 0 N–H and O–H groups in total. The van der Waals surface area contributed by atoms with E-state index >= 15 is 0 Å². The molecule has 0 aliphatic carbocycles. The maximum absolute atomic E-state index is 12.4. The first kappa shape index (κ1) is 20.9. The number of methoxy groups -OCH3 is 1. The van der Waals surface area contributed by atoms with Gasteiger partial charge in [0, 0.05) is 42.5 Å². The number of ether oxygens (including phenoxy) is 1. The lowest BCUT2D eigenvalue weighted by molar-refractivity contribution is 0.405. The maximum Gasteiger partial charge on any atom is 0.292 e. The van der Waals surface area contributed by atoms with Crippen molar-refractivity contribution >= 4 is 20.7 Å². The largest absolute Gasteiger partial charge is 0.491 e. The van der Waals surface area contributed by atoms with Crippen LogP contribution in [0.4, 0.5) is 0 Å². The first-order valence-electron chi connectivity index (χ1n) is 9.91. The fraction of sp³-hybridized carbons (Fsp3) is 0.208. The number of pyridine rings is 1. The molecular weight excluding hydrogens is 412 g/mol. The summed E-state index contributed by atoms with van der Waals surface area (Å²) in [5.74, 6) is 0.239. The molecule has 0 radical (unpaired) electrons. The Hall–Kier alpha value is -3.32.